The Labute approximate surface area is 99.8 Å². The van der Waals surface area contributed by atoms with Crippen molar-refractivity contribution in [3.8, 4) is 0 Å². The molecule has 1 fully saturated rings. The number of hydrogen-bond acceptors (Lipinski definition) is 3. The molecule has 0 spiro atoms. The largest absolute Gasteiger partial charge is 0.395 e. The van der Waals surface area contributed by atoms with E-state index >= 15 is 0 Å². The van der Waals surface area contributed by atoms with Crippen LogP contribution in [-0.4, -0.2) is 49.0 Å². The molecule has 16 heavy (non-hydrogen) atoms. The minimum atomic E-state index is 0.226. The Balaban J connectivity index is 2.35. The van der Waals surface area contributed by atoms with E-state index in [1.165, 1.54) is 25.7 Å². The van der Waals surface area contributed by atoms with Crippen molar-refractivity contribution in [2.24, 2.45) is 5.92 Å². The van der Waals surface area contributed by atoms with E-state index in [9.17, 15) is 5.11 Å². The highest BCUT2D eigenvalue weighted by molar-refractivity contribution is 4.76. The van der Waals surface area contributed by atoms with Crippen LogP contribution < -0.4 is 0 Å². The Morgan fingerprint density at radius 1 is 1.44 bits per heavy atom. The first kappa shape index (κ1) is 13.9. The minimum Gasteiger partial charge on any atom is -0.395 e. The molecule has 0 aromatic carbocycles. The third-order valence-electron chi connectivity index (χ3n) is 3.60. The molecule has 0 bridgehead atoms. The summed E-state index contributed by atoms with van der Waals surface area (Å²) in [4.78, 5) is 2.41. The van der Waals surface area contributed by atoms with Crippen molar-refractivity contribution in [1.29, 1.82) is 0 Å². The van der Waals surface area contributed by atoms with Crippen molar-refractivity contribution in [3.05, 3.63) is 0 Å². The van der Waals surface area contributed by atoms with Crippen LogP contribution in [0.4, 0.5) is 0 Å². The van der Waals surface area contributed by atoms with Gasteiger partial charge in [-0.05, 0) is 12.3 Å². The number of aliphatic hydroxyl groups excluding tert-OH is 1. The summed E-state index contributed by atoms with van der Waals surface area (Å²) in [6.45, 7) is 8.37. The van der Waals surface area contributed by atoms with Gasteiger partial charge in [-0.3, -0.25) is 4.90 Å². The van der Waals surface area contributed by atoms with Gasteiger partial charge in [0.15, 0.2) is 0 Å². The zero-order valence-electron chi connectivity index (χ0n) is 10.8. The van der Waals surface area contributed by atoms with Crippen LogP contribution in [0.2, 0.25) is 0 Å². The average Bonchev–Trinajstić information content (AvgIpc) is 2.34. The van der Waals surface area contributed by atoms with E-state index < -0.39 is 0 Å². The summed E-state index contributed by atoms with van der Waals surface area (Å²) in [7, 11) is 0. The Bertz CT molecular complexity index is 175. The van der Waals surface area contributed by atoms with E-state index in [4.69, 9.17) is 4.74 Å². The molecule has 1 aliphatic heterocycles. The van der Waals surface area contributed by atoms with Gasteiger partial charge in [0.25, 0.3) is 0 Å². The number of nitrogens with zero attached hydrogens (tertiary/aromatic N) is 1. The lowest BCUT2D eigenvalue weighted by Gasteiger charge is -2.36. The van der Waals surface area contributed by atoms with Gasteiger partial charge in [-0.25, -0.2) is 0 Å². The Hall–Kier alpha value is -0.120. The molecule has 0 amide bonds. The highest BCUT2D eigenvalue weighted by atomic mass is 16.5. The second kappa shape index (κ2) is 8.04. The topological polar surface area (TPSA) is 32.7 Å². The van der Waals surface area contributed by atoms with E-state index in [0.29, 0.717) is 6.61 Å². The molecule has 3 nitrogen and oxygen atoms in total. The normalized spacial score (nSPS) is 24.6. The van der Waals surface area contributed by atoms with Crippen molar-refractivity contribution in [2.75, 3.05) is 32.9 Å². The van der Waals surface area contributed by atoms with Gasteiger partial charge in [0, 0.05) is 13.1 Å². The zero-order chi connectivity index (χ0) is 11.8. The highest BCUT2D eigenvalue weighted by Crippen LogP contribution is 2.17. The SMILES string of the molecule is CCCCC(CC)CN1CCOCC1CO. The van der Waals surface area contributed by atoms with Gasteiger partial charge in [0.1, 0.15) is 0 Å². The number of hydrogen-bond donors (Lipinski definition) is 1. The fraction of sp³-hybridized carbons (Fsp3) is 1.00. The number of aliphatic hydroxyl groups is 1. The molecule has 96 valence electrons. The summed E-state index contributed by atoms with van der Waals surface area (Å²) < 4.78 is 5.40. The summed E-state index contributed by atoms with van der Waals surface area (Å²) in [5, 5.41) is 9.30. The number of morpholine rings is 1. The minimum absolute atomic E-state index is 0.226. The highest BCUT2D eigenvalue weighted by Gasteiger charge is 2.24. The first-order valence-electron chi connectivity index (χ1n) is 6.74. The monoisotopic (exact) mass is 229 g/mol. The van der Waals surface area contributed by atoms with Crippen LogP contribution in [0.3, 0.4) is 0 Å². The smallest absolute Gasteiger partial charge is 0.0644 e. The average molecular weight is 229 g/mol. The van der Waals surface area contributed by atoms with E-state index in [1.807, 2.05) is 0 Å². The lowest BCUT2D eigenvalue weighted by Crippen LogP contribution is -2.49. The van der Waals surface area contributed by atoms with Gasteiger partial charge in [0.05, 0.1) is 25.9 Å². The fourth-order valence-corrected chi connectivity index (χ4v) is 2.35. The third kappa shape index (κ3) is 4.40. The van der Waals surface area contributed by atoms with Crippen LogP contribution in [0.15, 0.2) is 0 Å². The fourth-order valence-electron chi connectivity index (χ4n) is 2.35. The van der Waals surface area contributed by atoms with Crippen LogP contribution in [0.1, 0.15) is 39.5 Å². The summed E-state index contributed by atoms with van der Waals surface area (Å²) in [6.07, 6.45) is 5.17. The molecule has 1 aliphatic rings. The molecule has 1 heterocycles. The Morgan fingerprint density at radius 2 is 2.25 bits per heavy atom. The van der Waals surface area contributed by atoms with Gasteiger partial charge in [-0.2, -0.15) is 0 Å². The maximum atomic E-state index is 9.30. The molecule has 1 N–H and O–H groups in total. The Morgan fingerprint density at radius 3 is 2.88 bits per heavy atom. The van der Waals surface area contributed by atoms with Crippen LogP contribution in [0.5, 0.6) is 0 Å². The molecule has 2 unspecified atom stereocenters. The summed E-state index contributed by atoms with van der Waals surface area (Å²) in [6, 6.07) is 0.226. The van der Waals surface area contributed by atoms with Crippen molar-refractivity contribution in [1.82, 2.24) is 4.90 Å². The van der Waals surface area contributed by atoms with Gasteiger partial charge < -0.3 is 9.84 Å². The Kier molecular flexibility index (Phi) is 7.01. The van der Waals surface area contributed by atoms with E-state index in [1.54, 1.807) is 0 Å². The van der Waals surface area contributed by atoms with Crippen LogP contribution >= 0.6 is 0 Å². The first-order chi connectivity index (χ1) is 7.81. The van der Waals surface area contributed by atoms with Gasteiger partial charge in [-0.1, -0.05) is 33.1 Å². The van der Waals surface area contributed by atoms with Crippen molar-refractivity contribution in [2.45, 2.75) is 45.6 Å². The molecule has 0 aliphatic carbocycles. The van der Waals surface area contributed by atoms with Gasteiger partial charge >= 0.3 is 0 Å². The molecule has 3 heteroatoms. The van der Waals surface area contributed by atoms with E-state index in [0.717, 1.165) is 25.6 Å². The van der Waals surface area contributed by atoms with E-state index in [-0.39, 0.29) is 12.6 Å². The standard InChI is InChI=1S/C13H27NO2/c1-3-5-6-12(4-2)9-14-7-8-16-11-13(14)10-15/h12-13,15H,3-11H2,1-2H3. The molecule has 0 aromatic heterocycles. The van der Waals surface area contributed by atoms with Crippen molar-refractivity contribution >= 4 is 0 Å². The molecular formula is C13H27NO2. The van der Waals surface area contributed by atoms with E-state index in [2.05, 4.69) is 18.7 Å². The van der Waals surface area contributed by atoms with Crippen LogP contribution in [0, 0.1) is 5.92 Å². The molecule has 0 aromatic rings. The third-order valence-corrected chi connectivity index (χ3v) is 3.60. The van der Waals surface area contributed by atoms with Crippen LogP contribution in [0.25, 0.3) is 0 Å². The van der Waals surface area contributed by atoms with Crippen LogP contribution in [-0.2, 0) is 4.74 Å². The maximum Gasteiger partial charge on any atom is 0.0644 e. The lowest BCUT2D eigenvalue weighted by molar-refractivity contribution is -0.0341. The predicted octanol–water partition coefficient (Wildman–Crippen LogP) is 1.90. The van der Waals surface area contributed by atoms with Gasteiger partial charge in [-0.15, -0.1) is 0 Å². The summed E-state index contributed by atoms with van der Waals surface area (Å²) in [5.41, 5.74) is 0. The summed E-state index contributed by atoms with van der Waals surface area (Å²) in [5.74, 6) is 0.784. The molecule has 0 saturated carbocycles. The number of rotatable bonds is 7. The van der Waals surface area contributed by atoms with Crippen molar-refractivity contribution < 1.29 is 9.84 Å². The lowest BCUT2D eigenvalue weighted by atomic mass is 9.98. The maximum absolute atomic E-state index is 9.30. The molecule has 2 atom stereocenters. The quantitative estimate of drug-likeness (QED) is 0.723. The number of ether oxygens (including phenoxy) is 1. The molecular weight excluding hydrogens is 202 g/mol. The number of unbranched alkanes of at least 4 members (excludes halogenated alkanes) is 1. The second-order valence-corrected chi connectivity index (χ2v) is 4.82. The van der Waals surface area contributed by atoms with Gasteiger partial charge in [0.2, 0.25) is 0 Å². The second-order valence-electron chi connectivity index (χ2n) is 4.82. The summed E-state index contributed by atoms with van der Waals surface area (Å²) >= 11 is 0. The zero-order valence-corrected chi connectivity index (χ0v) is 10.8. The molecule has 1 saturated heterocycles. The molecule has 0 radical (unpaired) electrons. The van der Waals surface area contributed by atoms with Crippen molar-refractivity contribution in [3.63, 3.8) is 0 Å². The predicted molar refractivity (Wildman–Crippen MR) is 66.6 cm³/mol. The molecule has 1 rings (SSSR count). The first-order valence-corrected chi connectivity index (χ1v) is 6.74.